The quantitative estimate of drug-likeness (QED) is 0.788. The fourth-order valence-electron chi connectivity index (χ4n) is 4.57. The normalized spacial score (nSPS) is 19.7. The average molecular weight is 414 g/mol. The molecule has 0 saturated carbocycles. The molecule has 1 N–H and O–H groups in total. The van der Waals surface area contributed by atoms with Crippen molar-refractivity contribution >= 4 is 5.91 Å². The first-order chi connectivity index (χ1) is 14.6. The van der Waals surface area contributed by atoms with Crippen LogP contribution in [0.3, 0.4) is 0 Å². The number of carbonyl (C=O) groups excluding carboxylic acids is 1. The Hall–Kier alpha value is -2.25. The van der Waals surface area contributed by atoms with Crippen molar-refractivity contribution in [1.29, 1.82) is 0 Å². The largest absolute Gasteiger partial charge is 0.335 e. The molecule has 1 aromatic heterocycles. The van der Waals surface area contributed by atoms with Gasteiger partial charge in [0.25, 0.3) is 5.91 Å². The molecule has 1 aromatic carbocycles. The second-order valence-electron chi connectivity index (χ2n) is 8.42. The number of halogens is 1. The third-order valence-corrected chi connectivity index (χ3v) is 6.42. The SMILES string of the molecule is CCn1nc(C(=O)N2CCN(C)CC2)c2c1CCC(NCCc1ccccc1F)C2. The van der Waals surface area contributed by atoms with Crippen LogP contribution in [0, 0.1) is 5.82 Å². The number of nitrogens with one attached hydrogen (secondary N) is 1. The highest BCUT2D eigenvalue weighted by molar-refractivity contribution is 5.94. The monoisotopic (exact) mass is 413 g/mol. The molecule has 6 nitrogen and oxygen atoms in total. The van der Waals surface area contributed by atoms with E-state index in [9.17, 15) is 9.18 Å². The third-order valence-electron chi connectivity index (χ3n) is 6.42. The summed E-state index contributed by atoms with van der Waals surface area (Å²) >= 11 is 0. The van der Waals surface area contributed by atoms with Gasteiger partial charge in [-0.1, -0.05) is 18.2 Å². The first kappa shape index (κ1) is 21.0. The number of benzene rings is 1. The minimum Gasteiger partial charge on any atom is -0.335 e. The lowest BCUT2D eigenvalue weighted by atomic mass is 9.91. The first-order valence-corrected chi connectivity index (χ1v) is 11.1. The van der Waals surface area contributed by atoms with E-state index >= 15 is 0 Å². The molecule has 1 aliphatic carbocycles. The lowest BCUT2D eigenvalue weighted by molar-refractivity contribution is 0.0656. The second kappa shape index (κ2) is 9.27. The molecule has 1 aliphatic heterocycles. The lowest BCUT2D eigenvalue weighted by Crippen LogP contribution is -2.47. The van der Waals surface area contributed by atoms with Gasteiger partial charge in [0.15, 0.2) is 5.69 Å². The van der Waals surface area contributed by atoms with E-state index in [4.69, 9.17) is 5.10 Å². The van der Waals surface area contributed by atoms with Crippen LogP contribution in [-0.4, -0.2) is 71.3 Å². The Morgan fingerprint density at radius 1 is 1.23 bits per heavy atom. The lowest BCUT2D eigenvalue weighted by Gasteiger charge is -2.32. The fraction of sp³-hybridized carbons (Fsp3) is 0.565. The van der Waals surface area contributed by atoms with Crippen LogP contribution in [0.1, 0.15) is 40.7 Å². The van der Waals surface area contributed by atoms with Crippen molar-refractivity contribution in [2.75, 3.05) is 39.8 Å². The van der Waals surface area contributed by atoms with E-state index in [1.165, 1.54) is 11.8 Å². The number of carbonyl (C=O) groups is 1. The molecule has 0 spiro atoms. The van der Waals surface area contributed by atoms with Gasteiger partial charge in [-0.3, -0.25) is 9.48 Å². The molecule has 2 heterocycles. The molecule has 2 aliphatic rings. The number of nitrogens with zero attached hydrogens (tertiary/aromatic N) is 4. The predicted octanol–water partition coefficient (Wildman–Crippen LogP) is 2.12. The summed E-state index contributed by atoms with van der Waals surface area (Å²) in [4.78, 5) is 17.4. The van der Waals surface area contributed by atoms with Crippen LogP contribution in [0.4, 0.5) is 4.39 Å². The molecule has 1 fully saturated rings. The Morgan fingerprint density at radius 3 is 2.73 bits per heavy atom. The van der Waals surface area contributed by atoms with Crippen molar-refractivity contribution in [3.05, 3.63) is 52.6 Å². The number of likely N-dealkylation sites (N-methyl/N-ethyl adjacent to an activating group) is 1. The Balaban J connectivity index is 1.43. The van der Waals surface area contributed by atoms with E-state index in [0.29, 0.717) is 12.1 Å². The summed E-state index contributed by atoms with van der Waals surface area (Å²) in [6, 6.07) is 7.24. The molecular weight excluding hydrogens is 381 g/mol. The van der Waals surface area contributed by atoms with E-state index in [1.54, 1.807) is 6.07 Å². The highest BCUT2D eigenvalue weighted by Gasteiger charge is 2.31. The van der Waals surface area contributed by atoms with Crippen LogP contribution in [0.5, 0.6) is 0 Å². The maximum Gasteiger partial charge on any atom is 0.274 e. The zero-order valence-corrected chi connectivity index (χ0v) is 18.0. The number of aryl methyl sites for hydroxylation is 1. The number of hydrogen-bond donors (Lipinski definition) is 1. The Bertz CT molecular complexity index is 888. The maximum absolute atomic E-state index is 13.9. The summed E-state index contributed by atoms with van der Waals surface area (Å²) in [6.07, 6.45) is 3.40. The summed E-state index contributed by atoms with van der Waals surface area (Å²) < 4.78 is 15.9. The van der Waals surface area contributed by atoms with Crippen LogP contribution in [0.25, 0.3) is 0 Å². The van der Waals surface area contributed by atoms with E-state index < -0.39 is 0 Å². The number of amides is 1. The zero-order chi connectivity index (χ0) is 21.1. The molecule has 1 unspecified atom stereocenters. The van der Waals surface area contributed by atoms with Crippen molar-refractivity contribution in [2.24, 2.45) is 0 Å². The van der Waals surface area contributed by atoms with Gasteiger partial charge in [0, 0.05) is 50.0 Å². The number of piperazine rings is 1. The van der Waals surface area contributed by atoms with Gasteiger partial charge < -0.3 is 15.1 Å². The molecule has 0 radical (unpaired) electrons. The molecule has 162 valence electrons. The van der Waals surface area contributed by atoms with Crippen molar-refractivity contribution in [1.82, 2.24) is 24.9 Å². The van der Waals surface area contributed by atoms with Crippen molar-refractivity contribution in [2.45, 2.75) is 45.2 Å². The van der Waals surface area contributed by atoms with Crippen LogP contribution in [-0.2, 0) is 25.8 Å². The van der Waals surface area contributed by atoms with Gasteiger partial charge in [-0.2, -0.15) is 5.10 Å². The molecule has 2 aromatic rings. The number of rotatable bonds is 6. The van der Waals surface area contributed by atoms with Crippen LogP contribution >= 0.6 is 0 Å². The number of hydrogen-bond acceptors (Lipinski definition) is 4. The van der Waals surface area contributed by atoms with E-state index in [0.717, 1.165) is 69.7 Å². The molecule has 30 heavy (non-hydrogen) atoms. The minimum absolute atomic E-state index is 0.0681. The average Bonchev–Trinajstić information content (AvgIpc) is 3.13. The van der Waals surface area contributed by atoms with E-state index in [2.05, 4.69) is 24.2 Å². The summed E-state index contributed by atoms with van der Waals surface area (Å²) in [5, 5.41) is 8.29. The number of fused-ring (bicyclic) bond motifs is 1. The second-order valence-corrected chi connectivity index (χ2v) is 8.42. The smallest absolute Gasteiger partial charge is 0.274 e. The van der Waals surface area contributed by atoms with Crippen LogP contribution in [0.2, 0.25) is 0 Å². The van der Waals surface area contributed by atoms with Gasteiger partial charge in [0.1, 0.15) is 5.82 Å². The Labute approximate surface area is 178 Å². The van der Waals surface area contributed by atoms with Crippen molar-refractivity contribution < 1.29 is 9.18 Å². The van der Waals surface area contributed by atoms with Gasteiger partial charge in [0.2, 0.25) is 0 Å². The summed E-state index contributed by atoms with van der Waals surface area (Å²) in [6.45, 7) is 6.91. The van der Waals surface area contributed by atoms with Crippen LogP contribution in [0.15, 0.2) is 24.3 Å². The Kier molecular flexibility index (Phi) is 6.49. The van der Waals surface area contributed by atoms with E-state index in [1.807, 2.05) is 21.7 Å². The molecule has 4 rings (SSSR count). The molecule has 1 atom stereocenters. The maximum atomic E-state index is 13.9. The summed E-state index contributed by atoms with van der Waals surface area (Å²) in [5.74, 6) is -0.0759. The fourth-order valence-corrected chi connectivity index (χ4v) is 4.57. The highest BCUT2D eigenvalue weighted by atomic mass is 19.1. The molecule has 1 saturated heterocycles. The van der Waals surface area contributed by atoms with Gasteiger partial charge >= 0.3 is 0 Å². The minimum atomic E-state index is -0.144. The molecule has 0 bridgehead atoms. The Morgan fingerprint density at radius 2 is 2.00 bits per heavy atom. The predicted molar refractivity (Wildman–Crippen MR) is 115 cm³/mol. The zero-order valence-electron chi connectivity index (χ0n) is 18.0. The number of aromatic nitrogens is 2. The van der Waals surface area contributed by atoms with E-state index in [-0.39, 0.29) is 17.8 Å². The first-order valence-electron chi connectivity index (χ1n) is 11.1. The molecule has 1 amide bonds. The van der Waals surface area contributed by atoms with Crippen LogP contribution < -0.4 is 5.32 Å². The van der Waals surface area contributed by atoms with Gasteiger partial charge in [0.05, 0.1) is 0 Å². The summed E-state index contributed by atoms with van der Waals surface area (Å²) in [5.41, 5.74) is 3.70. The molecule has 7 heteroatoms. The van der Waals surface area contributed by atoms with Crippen molar-refractivity contribution in [3.63, 3.8) is 0 Å². The third kappa shape index (κ3) is 4.42. The topological polar surface area (TPSA) is 53.4 Å². The standard InChI is InChI=1S/C23H32FN5O/c1-3-29-21-9-8-18(25-11-10-17-6-4-5-7-20(17)24)16-19(21)22(26-29)23(30)28-14-12-27(2)13-15-28/h4-7,18,25H,3,8-16H2,1-2H3. The van der Waals surface area contributed by atoms with Gasteiger partial charge in [-0.25, -0.2) is 4.39 Å². The van der Waals surface area contributed by atoms with Gasteiger partial charge in [-0.15, -0.1) is 0 Å². The summed E-state index contributed by atoms with van der Waals surface area (Å²) in [7, 11) is 2.09. The highest BCUT2D eigenvalue weighted by Crippen LogP contribution is 2.26. The van der Waals surface area contributed by atoms with Gasteiger partial charge in [-0.05, 0) is 57.8 Å². The van der Waals surface area contributed by atoms with Crippen molar-refractivity contribution in [3.8, 4) is 0 Å². The molecular formula is C23H32FN5O.